The highest BCUT2D eigenvalue weighted by molar-refractivity contribution is 5.90. The summed E-state index contributed by atoms with van der Waals surface area (Å²) >= 11 is 0. The number of carboxylic acids is 1. The van der Waals surface area contributed by atoms with Crippen molar-refractivity contribution in [3.05, 3.63) is 63.1 Å². The molecule has 0 bridgehead atoms. The van der Waals surface area contributed by atoms with E-state index >= 15 is 0 Å². The molecule has 0 atom stereocenters. The van der Waals surface area contributed by atoms with E-state index in [9.17, 15) is 14.7 Å². The fourth-order valence-corrected chi connectivity index (χ4v) is 2.44. The molecule has 0 spiro atoms. The number of carboxylic acid groups (broad SMARTS) is 1. The summed E-state index contributed by atoms with van der Waals surface area (Å²) in [6.45, 7) is 5.34. The Kier molecular flexibility index (Phi) is 3.74. The predicted octanol–water partition coefficient (Wildman–Crippen LogP) is 2.71. The van der Waals surface area contributed by atoms with Crippen LogP contribution in [0.25, 0.3) is 5.69 Å². The zero-order valence-corrected chi connectivity index (χ0v) is 11.8. The fraction of sp³-hybridized carbons (Fsp3) is 0.250. The minimum Gasteiger partial charge on any atom is -0.478 e. The van der Waals surface area contributed by atoms with E-state index in [0.29, 0.717) is 16.9 Å². The maximum absolute atomic E-state index is 12.2. The molecule has 0 amide bonds. The van der Waals surface area contributed by atoms with Crippen molar-refractivity contribution in [2.75, 3.05) is 0 Å². The van der Waals surface area contributed by atoms with Gasteiger partial charge in [-0.1, -0.05) is 19.1 Å². The highest BCUT2D eigenvalue weighted by Gasteiger charge is 2.16. The van der Waals surface area contributed by atoms with Crippen molar-refractivity contribution >= 4 is 5.97 Å². The standard InChI is InChI=1S/C16H17NO3/c1-4-12-6-5-7-13(9-12)17-11(3)15(16(19)20)10(2)8-14(17)18/h5-9H,4H2,1-3H3,(H,19,20). The third-order valence-electron chi connectivity index (χ3n) is 3.44. The fourth-order valence-electron chi connectivity index (χ4n) is 2.44. The Morgan fingerprint density at radius 2 is 1.95 bits per heavy atom. The number of aromatic nitrogens is 1. The first-order chi connectivity index (χ1) is 9.45. The molecule has 0 aliphatic carbocycles. The average Bonchev–Trinajstić information content (AvgIpc) is 2.37. The molecule has 0 saturated heterocycles. The van der Waals surface area contributed by atoms with Crippen molar-refractivity contribution in [3.63, 3.8) is 0 Å². The van der Waals surface area contributed by atoms with E-state index in [1.54, 1.807) is 13.8 Å². The Hall–Kier alpha value is -2.36. The molecule has 4 nitrogen and oxygen atoms in total. The molecular formula is C16H17NO3. The van der Waals surface area contributed by atoms with Crippen LogP contribution in [0.15, 0.2) is 35.1 Å². The highest BCUT2D eigenvalue weighted by atomic mass is 16.4. The molecule has 1 N–H and O–H groups in total. The lowest BCUT2D eigenvalue weighted by Crippen LogP contribution is -2.24. The minimum atomic E-state index is -1.01. The molecule has 1 aromatic carbocycles. The van der Waals surface area contributed by atoms with Gasteiger partial charge >= 0.3 is 5.97 Å². The zero-order valence-electron chi connectivity index (χ0n) is 11.8. The second kappa shape index (κ2) is 5.33. The Morgan fingerprint density at radius 3 is 2.55 bits per heavy atom. The quantitative estimate of drug-likeness (QED) is 0.933. The van der Waals surface area contributed by atoms with E-state index < -0.39 is 5.97 Å². The lowest BCUT2D eigenvalue weighted by molar-refractivity contribution is 0.0694. The Bertz CT molecular complexity index is 729. The summed E-state index contributed by atoms with van der Waals surface area (Å²) in [4.78, 5) is 23.6. The van der Waals surface area contributed by atoms with Gasteiger partial charge in [0.05, 0.1) is 5.56 Å². The smallest absolute Gasteiger partial charge is 0.337 e. The normalized spacial score (nSPS) is 10.6. The molecular weight excluding hydrogens is 254 g/mol. The van der Waals surface area contributed by atoms with Crippen LogP contribution in [0.1, 0.15) is 34.1 Å². The molecule has 20 heavy (non-hydrogen) atoms. The minimum absolute atomic E-state index is 0.187. The maximum atomic E-state index is 12.2. The first kappa shape index (κ1) is 14.1. The monoisotopic (exact) mass is 271 g/mol. The SMILES string of the molecule is CCc1cccc(-n2c(C)c(C(=O)O)c(C)cc2=O)c1. The van der Waals surface area contributed by atoms with Gasteiger partial charge < -0.3 is 5.11 Å². The zero-order chi connectivity index (χ0) is 14.9. The number of carbonyl (C=O) groups is 1. The number of benzene rings is 1. The summed E-state index contributed by atoms with van der Waals surface area (Å²) in [5, 5.41) is 9.29. The second-order valence-electron chi connectivity index (χ2n) is 4.79. The molecule has 0 unspecified atom stereocenters. The molecule has 0 fully saturated rings. The Morgan fingerprint density at radius 1 is 1.25 bits per heavy atom. The van der Waals surface area contributed by atoms with Crippen LogP contribution in [0, 0.1) is 13.8 Å². The van der Waals surface area contributed by atoms with Crippen LogP contribution in [0.4, 0.5) is 0 Å². The van der Waals surface area contributed by atoms with Crippen LogP contribution in [0.2, 0.25) is 0 Å². The highest BCUT2D eigenvalue weighted by Crippen LogP contribution is 2.17. The molecule has 1 heterocycles. The third kappa shape index (κ3) is 2.37. The van der Waals surface area contributed by atoms with Gasteiger partial charge in [-0.2, -0.15) is 0 Å². The molecule has 4 heteroatoms. The van der Waals surface area contributed by atoms with Crippen molar-refractivity contribution in [1.82, 2.24) is 4.57 Å². The first-order valence-corrected chi connectivity index (χ1v) is 6.51. The van der Waals surface area contributed by atoms with E-state index in [4.69, 9.17) is 0 Å². The first-order valence-electron chi connectivity index (χ1n) is 6.51. The van der Waals surface area contributed by atoms with Crippen molar-refractivity contribution in [3.8, 4) is 5.69 Å². The van der Waals surface area contributed by atoms with Gasteiger partial charge in [-0.15, -0.1) is 0 Å². The van der Waals surface area contributed by atoms with E-state index in [1.165, 1.54) is 10.6 Å². The van der Waals surface area contributed by atoms with Crippen LogP contribution in [0.3, 0.4) is 0 Å². The average molecular weight is 271 g/mol. The summed E-state index contributed by atoms with van der Waals surface area (Å²) in [5.74, 6) is -1.01. The molecule has 104 valence electrons. The molecule has 1 aromatic heterocycles. The van der Waals surface area contributed by atoms with Gasteiger partial charge in [0, 0.05) is 17.4 Å². The van der Waals surface area contributed by atoms with Crippen LogP contribution >= 0.6 is 0 Å². The van der Waals surface area contributed by atoms with Crippen LogP contribution in [0.5, 0.6) is 0 Å². The van der Waals surface area contributed by atoms with E-state index in [2.05, 4.69) is 0 Å². The molecule has 0 aliphatic heterocycles. The Labute approximate surface area is 117 Å². The van der Waals surface area contributed by atoms with Gasteiger partial charge in [0.15, 0.2) is 0 Å². The van der Waals surface area contributed by atoms with E-state index in [-0.39, 0.29) is 11.1 Å². The summed E-state index contributed by atoms with van der Waals surface area (Å²) in [7, 11) is 0. The van der Waals surface area contributed by atoms with Crippen molar-refractivity contribution in [2.24, 2.45) is 0 Å². The summed E-state index contributed by atoms with van der Waals surface area (Å²) in [6, 6.07) is 8.95. The van der Waals surface area contributed by atoms with Crippen molar-refractivity contribution in [2.45, 2.75) is 27.2 Å². The number of rotatable bonds is 3. The van der Waals surface area contributed by atoms with Gasteiger partial charge in [0.1, 0.15) is 0 Å². The van der Waals surface area contributed by atoms with Crippen molar-refractivity contribution in [1.29, 1.82) is 0 Å². The van der Waals surface area contributed by atoms with Crippen LogP contribution in [-0.2, 0) is 6.42 Å². The molecule has 0 radical (unpaired) electrons. The number of pyridine rings is 1. The third-order valence-corrected chi connectivity index (χ3v) is 3.44. The summed E-state index contributed by atoms with van der Waals surface area (Å²) in [6.07, 6.45) is 0.860. The number of aromatic carboxylic acids is 1. The summed E-state index contributed by atoms with van der Waals surface area (Å²) in [5.41, 5.74) is 2.73. The second-order valence-corrected chi connectivity index (χ2v) is 4.79. The van der Waals surface area contributed by atoms with Crippen LogP contribution in [-0.4, -0.2) is 15.6 Å². The Balaban J connectivity index is 2.77. The lowest BCUT2D eigenvalue weighted by Gasteiger charge is -2.14. The number of hydrogen-bond acceptors (Lipinski definition) is 2. The maximum Gasteiger partial charge on any atom is 0.337 e. The molecule has 2 rings (SSSR count). The number of nitrogens with zero attached hydrogens (tertiary/aromatic N) is 1. The van der Waals surface area contributed by atoms with Crippen LogP contribution < -0.4 is 5.56 Å². The summed E-state index contributed by atoms with van der Waals surface area (Å²) < 4.78 is 1.45. The van der Waals surface area contributed by atoms with Gasteiger partial charge in [0.25, 0.3) is 5.56 Å². The van der Waals surface area contributed by atoms with Gasteiger partial charge in [0.2, 0.25) is 0 Å². The van der Waals surface area contributed by atoms with E-state index in [0.717, 1.165) is 12.0 Å². The number of hydrogen-bond donors (Lipinski definition) is 1. The van der Waals surface area contributed by atoms with Crippen molar-refractivity contribution < 1.29 is 9.90 Å². The molecule has 0 aliphatic rings. The largest absolute Gasteiger partial charge is 0.478 e. The topological polar surface area (TPSA) is 59.3 Å². The van der Waals surface area contributed by atoms with Gasteiger partial charge in [-0.25, -0.2) is 4.79 Å². The predicted molar refractivity (Wildman–Crippen MR) is 77.9 cm³/mol. The van der Waals surface area contributed by atoms with Gasteiger partial charge in [-0.05, 0) is 43.5 Å². The number of aryl methyl sites for hydroxylation is 2. The molecule has 2 aromatic rings. The lowest BCUT2D eigenvalue weighted by atomic mass is 10.1. The van der Waals surface area contributed by atoms with E-state index in [1.807, 2.05) is 31.2 Å². The molecule has 0 saturated carbocycles. The van der Waals surface area contributed by atoms with Gasteiger partial charge in [-0.3, -0.25) is 9.36 Å².